The number of nitrogens with one attached hydrogen (secondary N) is 2. The second kappa shape index (κ2) is 8.47. The number of urea groups is 1. The van der Waals surface area contributed by atoms with Crippen molar-refractivity contribution in [1.82, 2.24) is 15.5 Å². The highest BCUT2D eigenvalue weighted by molar-refractivity contribution is 6.32. The third kappa shape index (κ3) is 4.63. The van der Waals surface area contributed by atoms with Crippen molar-refractivity contribution in [3.8, 4) is 11.5 Å². The van der Waals surface area contributed by atoms with E-state index in [2.05, 4.69) is 10.6 Å². The number of likely N-dealkylation sites (tertiary alicyclic amines) is 1. The molecule has 1 aliphatic carbocycles. The topological polar surface area (TPSA) is 79.9 Å². The fourth-order valence-corrected chi connectivity index (χ4v) is 3.99. The molecule has 2 fully saturated rings. The van der Waals surface area contributed by atoms with Gasteiger partial charge in [-0.2, -0.15) is 0 Å². The van der Waals surface area contributed by atoms with Crippen LogP contribution in [0.15, 0.2) is 12.1 Å². The summed E-state index contributed by atoms with van der Waals surface area (Å²) >= 11 is 6.24. The average molecular weight is 408 g/mol. The van der Waals surface area contributed by atoms with Crippen molar-refractivity contribution in [2.75, 3.05) is 32.8 Å². The number of nitrogens with zero attached hydrogens (tertiary/aromatic N) is 1. The van der Waals surface area contributed by atoms with Crippen molar-refractivity contribution in [2.24, 2.45) is 5.92 Å². The van der Waals surface area contributed by atoms with Crippen LogP contribution in [0.5, 0.6) is 11.5 Å². The first-order valence-corrected chi connectivity index (χ1v) is 10.4. The van der Waals surface area contributed by atoms with Gasteiger partial charge in [0.2, 0.25) is 5.91 Å². The lowest BCUT2D eigenvalue weighted by atomic mass is 10.0. The molecule has 8 heteroatoms. The van der Waals surface area contributed by atoms with Crippen LogP contribution < -0.4 is 20.1 Å². The lowest BCUT2D eigenvalue weighted by Gasteiger charge is -2.32. The molecule has 2 aliphatic heterocycles. The average Bonchev–Trinajstić information content (AvgIpc) is 3.53. The summed E-state index contributed by atoms with van der Waals surface area (Å²) in [7, 11) is 0. The molecule has 0 unspecified atom stereocenters. The van der Waals surface area contributed by atoms with E-state index in [1.165, 1.54) is 0 Å². The van der Waals surface area contributed by atoms with Gasteiger partial charge in [0.15, 0.2) is 11.5 Å². The minimum absolute atomic E-state index is 0.118. The van der Waals surface area contributed by atoms with Crippen LogP contribution in [0.2, 0.25) is 5.02 Å². The maximum atomic E-state index is 12.2. The standard InChI is InChI=1S/C20H26ClN3O4/c21-16-11-13(12-17-18(16)28-10-9-27-17)3-6-22-20(26)23-15-4-7-24(8-5-15)19(25)14-1-2-14/h11-12,14-15H,1-10H2,(H2,22,23,26). The summed E-state index contributed by atoms with van der Waals surface area (Å²) in [4.78, 5) is 26.2. The zero-order valence-electron chi connectivity index (χ0n) is 15.8. The Morgan fingerprint density at radius 3 is 2.61 bits per heavy atom. The van der Waals surface area contributed by atoms with E-state index >= 15 is 0 Å². The van der Waals surface area contributed by atoms with Gasteiger partial charge in [-0.25, -0.2) is 4.79 Å². The minimum Gasteiger partial charge on any atom is -0.486 e. The number of hydrogen-bond acceptors (Lipinski definition) is 4. The molecule has 3 aliphatic rings. The van der Waals surface area contributed by atoms with Gasteiger partial charge >= 0.3 is 6.03 Å². The van der Waals surface area contributed by atoms with Crippen molar-refractivity contribution in [1.29, 1.82) is 0 Å². The van der Waals surface area contributed by atoms with Gasteiger partial charge in [-0.1, -0.05) is 11.6 Å². The van der Waals surface area contributed by atoms with E-state index in [0.717, 1.165) is 44.3 Å². The quantitative estimate of drug-likeness (QED) is 0.785. The predicted molar refractivity (Wildman–Crippen MR) is 105 cm³/mol. The molecule has 2 heterocycles. The van der Waals surface area contributed by atoms with E-state index in [1.54, 1.807) is 0 Å². The molecule has 0 radical (unpaired) electrons. The Morgan fingerprint density at radius 1 is 1.11 bits per heavy atom. The fourth-order valence-electron chi connectivity index (χ4n) is 3.70. The van der Waals surface area contributed by atoms with Crippen molar-refractivity contribution in [3.05, 3.63) is 22.7 Å². The fraction of sp³-hybridized carbons (Fsp3) is 0.600. The summed E-state index contributed by atoms with van der Waals surface area (Å²) in [5.41, 5.74) is 0.987. The van der Waals surface area contributed by atoms with Gasteiger partial charge in [0.1, 0.15) is 13.2 Å². The monoisotopic (exact) mass is 407 g/mol. The normalized spacial score (nSPS) is 19.2. The number of amides is 3. The van der Waals surface area contributed by atoms with Crippen molar-refractivity contribution < 1.29 is 19.1 Å². The minimum atomic E-state index is -0.171. The van der Waals surface area contributed by atoms with Crippen LogP contribution in [0.1, 0.15) is 31.2 Å². The lowest BCUT2D eigenvalue weighted by molar-refractivity contribution is -0.133. The van der Waals surface area contributed by atoms with E-state index in [-0.39, 0.29) is 18.0 Å². The molecule has 3 amide bonds. The second-order valence-corrected chi connectivity index (χ2v) is 8.03. The second-order valence-electron chi connectivity index (χ2n) is 7.63. The first-order valence-electron chi connectivity index (χ1n) is 10.0. The molecule has 4 rings (SSSR count). The van der Waals surface area contributed by atoms with Gasteiger partial charge in [0.05, 0.1) is 5.02 Å². The Morgan fingerprint density at radius 2 is 1.86 bits per heavy atom. The summed E-state index contributed by atoms with van der Waals surface area (Å²) in [5, 5.41) is 6.44. The highest BCUT2D eigenvalue weighted by atomic mass is 35.5. The number of fused-ring (bicyclic) bond motifs is 1. The van der Waals surface area contributed by atoms with Gasteiger partial charge in [0.25, 0.3) is 0 Å². The summed E-state index contributed by atoms with van der Waals surface area (Å²) in [6, 6.07) is 3.70. The van der Waals surface area contributed by atoms with Crippen molar-refractivity contribution >= 4 is 23.5 Å². The molecule has 2 N–H and O–H groups in total. The number of piperidine rings is 1. The lowest BCUT2D eigenvalue weighted by Crippen LogP contribution is -2.49. The van der Waals surface area contributed by atoms with Crippen molar-refractivity contribution in [2.45, 2.75) is 38.1 Å². The molecule has 152 valence electrons. The molecular formula is C20H26ClN3O4. The van der Waals surface area contributed by atoms with E-state index in [1.807, 2.05) is 17.0 Å². The van der Waals surface area contributed by atoms with Crippen LogP contribution in [0, 0.1) is 5.92 Å². The first-order chi connectivity index (χ1) is 13.6. The van der Waals surface area contributed by atoms with Crippen molar-refractivity contribution in [3.63, 3.8) is 0 Å². The third-order valence-electron chi connectivity index (χ3n) is 5.42. The van der Waals surface area contributed by atoms with Crippen LogP contribution in [-0.4, -0.2) is 55.7 Å². The number of hydrogen-bond donors (Lipinski definition) is 2. The van der Waals surface area contributed by atoms with Crippen LogP contribution in [-0.2, 0) is 11.2 Å². The summed E-state index contributed by atoms with van der Waals surface area (Å²) < 4.78 is 11.1. The Kier molecular flexibility index (Phi) is 5.80. The number of rotatable bonds is 5. The Hall–Kier alpha value is -2.15. The first kappa shape index (κ1) is 19.2. The molecule has 28 heavy (non-hydrogen) atoms. The van der Waals surface area contributed by atoms with E-state index in [0.29, 0.717) is 48.6 Å². The van der Waals surface area contributed by atoms with Gasteiger partial charge in [-0.15, -0.1) is 0 Å². The zero-order valence-corrected chi connectivity index (χ0v) is 16.6. The summed E-state index contributed by atoms with van der Waals surface area (Å²) in [6.45, 7) is 2.98. The maximum Gasteiger partial charge on any atom is 0.315 e. The number of carbonyl (C=O) groups excluding carboxylic acids is 2. The van der Waals surface area contributed by atoms with Gasteiger partial charge in [0, 0.05) is 31.6 Å². The molecular weight excluding hydrogens is 382 g/mol. The molecule has 0 aromatic heterocycles. The predicted octanol–water partition coefficient (Wildman–Crippen LogP) is 2.35. The van der Waals surface area contributed by atoms with E-state index in [9.17, 15) is 9.59 Å². The van der Waals surface area contributed by atoms with Crippen LogP contribution in [0.4, 0.5) is 4.79 Å². The van der Waals surface area contributed by atoms with Crippen LogP contribution in [0.25, 0.3) is 0 Å². The molecule has 0 spiro atoms. The number of carbonyl (C=O) groups is 2. The van der Waals surface area contributed by atoms with Gasteiger partial charge < -0.3 is 25.0 Å². The van der Waals surface area contributed by atoms with E-state index < -0.39 is 0 Å². The smallest absolute Gasteiger partial charge is 0.315 e. The number of halogens is 1. The number of ether oxygens (including phenoxy) is 2. The maximum absolute atomic E-state index is 12.2. The largest absolute Gasteiger partial charge is 0.486 e. The SMILES string of the molecule is O=C(NCCc1cc(Cl)c2c(c1)OCCO2)NC1CCN(C(=O)C2CC2)CC1. The molecule has 1 saturated carbocycles. The Balaban J connectivity index is 1.18. The molecule has 0 atom stereocenters. The number of benzene rings is 1. The Bertz CT molecular complexity index is 745. The zero-order chi connectivity index (χ0) is 19.5. The van der Waals surface area contributed by atoms with Crippen LogP contribution >= 0.6 is 11.6 Å². The molecule has 7 nitrogen and oxygen atoms in total. The van der Waals surface area contributed by atoms with E-state index in [4.69, 9.17) is 21.1 Å². The van der Waals surface area contributed by atoms with Gasteiger partial charge in [-0.05, 0) is 49.8 Å². The highest BCUT2D eigenvalue weighted by Crippen LogP contribution is 2.38. The molecule has 0 bridgehead atoms. The summed E-state index contributed by atoms with van der Waals surface area (Å²) in [6.07, 6.45) is 4.34. The Labute approximate surface area is 169 Å². The summed E-state index contributed by atoms with van der Waals surface area (Å²) in [5.74, 6) is 1.81. The highest BCUT2D eigenvalue weighted by Gasteiger charge is 2.35. The van der Waals surface area contributed by atoms with Crippen LogP contribution in [0.3, 0.4) is 0 Å². The van der Waals surface area contributed by atoms with Gasteiger partial charge in [-0.3, -0.25) is 4.79 Å². The molecule has 1 aromatic carbocycles. The third-order valence-corrected chi connectivity index (χ3v) is 5.71. The molecule has 1 aromatic rings. The molecule has 1 saturated heterocycles.